The van der Waals surface area contributed by atoms with Crippen molar-refractivity contribution < 1.29 is 32.2 Å². The minimum atomic E-state index is -3.63. The number of amides is 2. The number of benzene rings is 2. The Morgan fingerprint density at radius 2 is 1.82 bits per heavy atom. The Bertz CT molecular complexity index is 1240. The molecule has 1 N–H and O–H groups in total. The highest BCUT2D eigenvalue weighted by molar-refractivity contribution is 7.92. The lowest BCUT2D eigenvalue weighted by Gasteiger charge is -2.29. The first-order valence-electron chi connectivity index (χ1n) is 13.2. The second-order valence-corrected chi connectivity index (χ2v) is 11.4. The topological polar surface area (TPSA) is 114 Å². The fourth-order valence-corrected chi connectivity index (χ4v) is 5.23. The predicted molar refractivity (Wildman–Crippen MR) is 150 cm³/mol. The molecule has 214 valence electrons. The van der Waals surface area contributed by atoms with Gasteiger partial charge in [-0.3, -0.25) is 13.9 Å². The van der Waals surface area contributed by atoms with Gasteiger partial charge in [0.15, 0.2) is 11.5 Å². The van der Waals surface area contributed by atoms with Crippen molar-refractivity contribution in [2.24, 2.45) is 0 Å². The van der Waals surface area contributed by atoms with Crippen molar-refractivity contribution >= 4 is 27.5 Å². The van der Waals surface area contributed by atoms with E-state index in [1.54, 1.807) is 32.2 Å². The maximum absolute atomic E-state index is 13.4. The van der Waals surface area contributed by atoms with E-state index in [2.05, 4.69) is 5.32 Å². The summed E-state index contributed by atoms with van der Waals surface area (Å²) in [5.41, 5.74) is 1.26. The Kier molecular flexibility index (Phi) is 10.8. The number of nitrogens with zero attached hydrogens (tertiary/aromatic N) is 2. The van der Waals surface area contributed by atoms with Gasteiger partial charge in [-0.15, -0.1) is 0 Å². The van der Waals surface area contributed by atoms with E-state index in [0.29, 0.717) is 42.7 Å². The Morgan fingerprint density at radius 1 is 1.08 bits per heavy atom. The number of rotatable bonds is 14. The van der Waals surface area contributed by atoms with Gasteiger partial charge in [-0.2, -0.15) is 0 Å². The van der Waals surface area contributed by atoms with Crippen molar-refractivity contribution in [1.29, 1.82) is 0 Å². The molecule has 2 aromatic rings. The maximum Gasteiger partial charge on any atom is 0.242 e. The molecule has 1 heterocycles. The standard InChI is InChI=1S/C28H39N3O7S/c1-5-6-14-29-28(33)21(2)30(20-22-9-7-10-24(18-22)36-3)27(32)11-8-15-31(39(4,34)35)23-12-13-25-26(19-23)38-17-16-37-25/h7,9-10,12-13,18-19,21H,5-6,8,11,14-17,20H2,1-4H3,(H,29,33). The van der Waals surface area contributed by atoms with Crippen LogP contribution in [-0.2, 0) is 26.2 Å². The molecule has 39 heavy (non-hydrogen) atoms. The largest absolute Gasteiger partial charge is 0.497 e. The van der Waals surface area contributed by atoms with Crippen molar-refractivity contribution in [2.75, 3.05) is 44.0 Å². The fraction of sp³-hybridized carbons (Fsp3) is 0.500. The van der Waals surface area contributed by atoms with Crippen molar-refractivity contribution in [1.82, 2.24) is 10.2 Å². The fourth-order valence-electron chi connectivity index (χ4n) is 4.28. The van der Waals surface area contributed by atoms with E-state index in [1.807, 2.05) is 31.2 Å². The first-order valence-corrected chi connectivity index (χ1v) is 15.1. The summed E-state index contributed by atoms with van der Waals surface area (Å²) in [6.07, 6.45) is 3.25. The number of nitrogens with one attached hydrogen (secondary N) is 1. The van der Waals surface area contributed by atoms with Crippen LogP contribution in [0.1, 0.15) is 45.1 Å². The number of fused-ring (bicyclic) bond motifs is 1. The Morgan fingerprint density at radius 3 is 2.51 bits per heavy atom. The Balaban J connectivity index is 1.73. The molecule has 1 aliphatic heterocycles. The molecule has 2 aromatic carbocycles. The monoisotopic (exact) mass is 561 g/mol. The second kappa shape index (κ2) is 14.1. The number of hydrogen-bond acceptors (Lipinski definition) is 7. The number of methoxy groups -OCH3 is 1. The molecule has 1 atom stereocenters. The third-order valence-corrected chi connectivity index (χ3v) is 7.64. The lowest BCUT2D eigenvalue weighted by Crippen LogP contribution is -2.48. The molecular formula is C28H39N3O7S. The van der Waals surface area contributed by atoms with Crippen LogP contribution in [0.2, 0.25) is 0 Å². The first kappa shape index (κ1) is 30.1. The zero-order chi connectivity index (χ0) is 28.4. The SMILES string of the molecule is CCCCNC(=O)C(C)N(Cc1cccc(OC)c1)C(=O)CCCN(c1ccc2c(c1)OCCO2)S(C)(=O)=O. The first-order chi connectivity index (χ1) is 18.6. The lowest BCUT2D eigenvalue weighted by molar-refractivity contribution is -0.140. The number of anilines is 1. The van der Waals surface area contributed by atoms with Gasteiger partial charge < -0.3 is 24.4 Å². The minimum absolute atomic E-state index is 0.0626. The third kappa shape index (κ3) is 8.51. The highest BCUT2D eigenvalue weighted by Crippen LogP contribution is 2.34. The van der Waals surface area contributed by atoms with Gasteiger partial charge in [0, 0.05) is 32.1 Å². The molecule has 1 aliphatic rings. The number of carbonyl (C=O) groups excluding carboxylic acids is 2. The molecule has 0 saturated heterocycles. The van der Waals surface area contributed by atoms with E-state index in [9.17, 15) is 18.0 Å². The summed E-state index contributed by atoms with van der Waals surface area (Å²) in [7, 11) is -2.06. The molecule has 11 heteroatoms. The van der Waals surface area contributed by atoms with Crippen LogP contribution in [0.5, 0.6) is 17.2 Å². The second-order valence-electron chi connectivity index (χ2n) is 9.46. The molecule has 0 spiro atoms. The van der Waals surface area contributed by atoms with Crippen LogP contribution in [0.4, 0.5) is 5.69 Å². The molecule has 3 rings (SSSR count). The smallest absolute Gasteiger partial charge is 0.242 e. The van der Waals surface area contributed by atoms with Crippen LogP contribution in [0, 0.1) is 0 Å². The van der Waals surface area contributed by atoms with E-state index < -0.39 is 16.1 Å². The maximum atomic E-state index is 13.4. The Labute approximate surface area is 231 Å². The van der Waals surface area contributed by atoms with Crippen LogP contribution in [0.25, 0.3) is 0 Å². The minimum Gasteiger partial charge on any atom is -0.497 e. The summed E-state index contributed by atoms with van der Waals surface area (Å²) < 4.78 is 43.0. The summed E-state index contributed by atoms with van der Waals surface area (Å²) >= 11 is 0. The van der Waals surface area contributed by atoms with Gasteiger partial charge >= 0.3 is 0 Å². The van der Waals surface area contributed by atoms with E-state index in [0.717, 1.165) is 24.7 Å². The summed E-state index contributed by atoms with van der Waals surface area (Å²) in [5, 5.41) is 2.90. The summed E-state index contributed by atoms with van der Waals surface area (Å²) in [6.45, 7) is 5.42. The van der Waals surface area contributed by atoms with E-state index in [1.165, 1.54) is 9.21 Å². The van der Waals surface area contributed by atoms with Crippen molar-refractivity contribution in [3.8, 4) is 17.2 Å². The van der Waals surface area contributed by atoms with Crippen LogP contribution in [0.3, 0.4) is 0 Å². The van der Waals surface area contributed by atoms with E-state index >= 15 is 0 Å². The van der Waals surface area contributed by atoms with Gasteiger partial charge in [0.05, 0.1) is 19.1 Å². The van der Waals surface area contributed by atoms with Crippen LogP contribution >= 0.6 is 0 Å². The van der Waals surface area contributed by atoms with Crippen molar-refractivity contribution in [2.45, 2.75) is 52.1 Å². The number of sulfonamides is 1. The zero-order valence-electron chi connectivity index (χ0n) is 23.1. The molecule has 0 fully saturated rings. The normalized spacial score (nSPS) is 13.3. The van der Waals surface area contributed by atoms with Crippen molar-refractivity contribution in [3.05, 3.63) is 48.0 Å². The molecule has 1 unspecified atom stereocenters. The molecular weight excluding hydrogens is 522 g/mol. The number of ether oxygens (including phenoxy) is 3. The molecule has 0 saturated carbocycles. The highest BCUT2D eigenvalue weighted by atomic mass is 32.2. The molecule has 0 radical (unpaired) electrons. The van der Waals surface area contributed by atoms with Crippen LogP contribution in [-0.4, -0.2) is 70.8 Å². The molecule has 0 bridgehead atoms. The van der Waals surface area contributed by atoms with Crippen LogP contribution in [0.15, 0.2) is 42.5 Å². The summed E-state index contributed by atoms with van der Waals surface area (Å²) in [5.74, 6) is 1.23. The van der Waals surface area contributed by atoms with Gasteiger partial charge in [-0.25, -0.2) is 8.42 Å². The average molecular weight is 562 g/mol. The number of carbonyl (C=O) groups is 2. The summed E-state index contributed by atoms with van der Waals surface area (Å²) in [4.78, 5) is 27.8. The Hall–Kier alpha value is -3.47. The van der Waals surface area contributed by atoms with Gasteiger partial charge in [-0.05, 0) is 49.6 Å². The lowest BCUT2D eigenvalue weighted by atomic mass is 10.1. The number of unbranched alkanes of at least 4 members (excludes halogenated alkanes) is 1. The van der Waals surface area contributed by atoms with Gasteiger partial charge in [0.25, 0.3) is 0 Å². The zero-order valence-corrected chi connectivity index (χ0v) is 24.0. The van der Waals surface area contributed by atoms with Gasteiger partial charge in [-0.1, -0.05) is 25.5 Å². The van der Waals surface area contributed by atoms with Gasteiger partial charge in [0.1, 0.15) is 25.0 Å². The van der Waals surface area contributed by atoms with Crippen LogP contribution < -0.4 is 23.8 Å². The molecule has 2 amide bonds. The molecule has 10 nitrogen and oxygen atoms in total. The molecule has 0 aromatic heterocycles. The van der Waals surface area contributed by atoms with E-state index in [-0.39, 0.29) is 37.7 Å². The highest BCUT2D eigenvalue weighted by Gasteiger charge is 2.27. The molecule has 0 aliphatic carbocycles. The third-order valence-electron chi connectivity index (χ3n) is 6.45. The summed E-state index contributed by atoms with van der Waals surface area (Å²) in [6, 6.07) is 11.6. The van der Waals surface area contributed by atoms with Crippen molar-refractivity contribution in [3.63, 3.8) is 0 Å². The quantitative estimate of drug-likeness (QED) is 0.352. The van der Waals surface area contributed by atoms with Gasteiger partial charge in [0.2, 0.25) is 21.8 Å². The van der Waals surface area contributed by atoms with E-state index in [4.69, 9.17) is 14.2 Å². The number of hydrogen-bond donors (Lipinski definition) is 1. The average Bonchev–Trinajstić information content (AvgIpc) is 2.92. The predicted octanol–water partition coefficient (Wildman–Crippen LogP) is 3.35.